The number of rotatable bonds is 11. The molecule has 22 nitrogen and oxygen atoms in total. The highest BCUT2D eigenvalue weighted by Gasteiger charge is 2.46. The number of carbonyl (C=O) groups is 11. The first-order valence-electron chi connectivity index (χ1n) is 31.4. The molecule has 4 rings (SSSR count). The first kappa shape index (κ1) is 74.9. The number of alkyl halides is 3. The van der Waals surface area contributed by atoms with E-state index in [2.05, 4.69) is 21.3 Å². The molecule has 9 atom stereocenters. The van der Waals surface area contributed by atoms with Gasteiger partial charge in [-0.05, 0) is 100 Å². The SMILES string of the molecule is CC[C@H](C)[C@@H]1NC(=O)[C@H](CC(C)C)N(C)C(=O)C[C@@H](C)NC(=O)[C@H](C(C)C)N(C)C(=O)[C@](C)(CC)NC(=O)C2CCCN2C(=O)[C@H](CCc2ccc(C(F)(F)F)c(Cl)c2)NC(=O)CN(C)C(=O)[C@H](CC2CCCCC2)N(C)C(=O)CN(C)C(=O)CN(C)C1=O. The fourth-order valence-corrected chi connectivity index (χ4v) is 12.4. The zero-order valence-corrected chi connectivity index (χ0v) is 55.7. The Morgan fingerprint density at radius 2 is 1.28 bits per heavy atom. The maximum atomic E-state index is 14.9. The molecule has 3 aliphatic rings. The van der Waals surface area contributed by atoms with Crippen LogP contribution in [0.5, 0.6) is 0 Å². The number of fused-ring (bicyclic) bond motifs is 1. The number of halogens is 4. The normalized spacial score (nSPS) is 26.8. The number of hydrogen-bond acceptors (Lipinski definition) is 11. The Kier molecular flexibility index (Phi) is 27.8. The topological polar surface area (TPSA) is 259 Å². The van der Waals surface area contributed by atoms with Crippen molar-refractivity contribution in [3.63, 3.8) is 0 Å². The van der Waals surface area contributed by atoms with Gasteiger partial charge in [-0.3, -0.25) is 52.7 Å². The van der Waals surface area contributed by atoms with E-state index < -0.39 is 161 Å². The van der Waals surface area contributed by atoms with Gasteiger partial charge in [0.05, 0.1) is 30.2 Å². The van der Waals surface area contributed by atoms with E-state index >= 15 is 0 Å². The molecule has 26 heteroatoms. The summed E-state index contributed by atoms with van der Waals surface area (Å²) in [4.78, 5) is 167. The molecule has 3 fully saturated rings. The summed E-state index contributed by atoms with van der Waals surface area (Å²) in [5, 5.41) is 10.7. The fourth-order valence-electron chi connectivity index (χ4n) is 12.1. The molecule has 1 aromatic carbocycles. The standard InChI is InChI=1S/C63H99ClF3N11O11/c1-16-39(7)53-60(88)74(12)35-51(81)72(10)36-52(82)76(14)48(33-41-22-19-18-20-23-41)59(87)73(11)34-49(79)69-45(28-26-42-25-27-43(44(64)32-42)63(65,66)67)58(86)78-29-21-24-46(78)56(84)71-62(9,17-2)61(89)77(15)54(38(5)6)57(85)68-40(8)31-50(80)75(13)47(30-37(3)4)55(83)70-53/h25,27,32,37-41,45-48,53-54H,16-24,26,28-31,33-36H2,1-15H3,(H,68,85)(H,69,79)(H,70,83)(H,71,84)/t39-,40+,45-,46?,47-,48-,53-,54-,62-/m0/s1. The van der Waals surface area contributed by atoms with Crippen molar-refractivity contribution >= 4 is 76.6 Å². The van der Waals surface area contributed by atoms with Crippen molar-refractivity contribution in [1.82, 2.24) is 55.6 Å². The Balaban J connectivity index is 1.80. The zero-order valence-electron chi connectivity index (χ0n) is 54.9. The number of nitrogens with one attached hydrogen (secondary N) is 4. The molecule has 0 radical (unpaired) electrons. The van der Waals surface area contributed by atoms with Crippen molar-refractivity contribution in [2.75, 3.05) is 68.5 Å². The van der Waals surface area contributed by atoms with E-state index in [1.54, 1.807) is 34.6 Å². The van der Waals surface area contributed by atoms with Gasteiger partial charge in [-0.1, -0.05) is 105 Å². The van der Waals surface area contributed by atoms with Crippen molar-refractivity contribution in [1.29, 1.82) is 0 Å². The van der Waals surface area contributed by atoms with E-state index in [0.29, 0.717) is 18.4 Å². The molecule has 2 saturated heterocycles. The minimum Gasteiger partial charge on any atom is -0.351 e. The van der Waals surface area contributed by atoms with Crippen LogP contribution in [0.25, 0.3) is 0 Å². The minimum absolute atomic E-state index is 0.0307. The van der Waals surface area contributed by atoms with E-state index in [0.717, 1.165) is 58.9 Å². The van der Waals surface area contributed by atoms with Crippen LogP contribution in [-0.2, 0) is 65.3 Å². The average Bonchev–Trinajstić information content (AvgIpc) is 2.26. The van der Waals surface area contributed by atoms with Gasteiger partial charge >= 0.3 is 6.18 Å². The lowest BCUT2D eigenvalue weighted by Crippen LogP contribution is -2.64. The number of nitrogens with zero attached hydrogens (tertiary/aromatic N) is 7. The molecule has 1 saturated carbocycles. The quantitative estimate of drug-likeness (QED) is 0.229. The van der Waals surface area contributed by atoms with Crippen LogP contribution in [0.3, 0.4) is 0 Å². The summed E-state index contributed by atoms with van der Waals surface area (Å²) in [6, 6.07) is -4.71. The van der Waals surface area contributed by atoms with Crippen LogP contribution in [0.15, 0.2) is 18.2 Å². The Bertz CT molecular complexity index is 2710. The molecular formula is C63H99ClF3N11O11. The smallest absolute Gasteiger partial charge is 0.351 e. The van der Waals surface area contributed by atoms with Crippen molar-refractivity contribution in [2.24, 2.45) is 23.7 Å². The number of carbonyl (C=O) groups excluding carboxylic acids is 11. The molecule has 1 aliphatic carbocycles. The lowest BCUT2D eigenvalue weighted by Gasteiger charge is -2.39. The van der Waals surface area contributed by atoms with Crippen molar-refractivity contribution in [3.8, 4) is 0 Å². The van der Waals surface area contributed by atoms with Gasteiger partial charge < -0.3 is 55.6 Å². The summed E-state index contributed by atoms with van der Waals surface area (Å²) in [5.74, 6) is -8.09. The number of benzene rings is 1. The molecule has 2 aliphatic heterocycles. The lowest BCUT2D eigenvalue weighted by atomic mass is 9.84. The number of aryl methyl sites for hydroxylation is 1. The summed E-state index contributed by atoms with van der Waals surface area (Å²) >= 11 is 6.09. The summed E-state index contributed by atoms with van der Waals surface area (Å²) in [5.41, 5.74) is -2.42. The van der Waals surface area contributed by atoms with Crippen LogP contribution in [-0.4, -0.2) is 216 Å². The van der Waals surface area contributed by atoms with Crippen LogP contribution < -0.4 is 21.3 Å². The third-order valence-electron chi connectivity index (χ3n) is 18.0. The summed E-state index contributed by atoms with van der Waals surface area (Å²) in [7, 11) is 8.47. The molecule has 89 heavy (non-hydrogen) atoms. The second-order valence-corrected chi connectivity index (χ2v) is 26.4. The summed E-state index contributed by atoms with van der Waals surface area (Å²) in [6.07, 6.45) is 0.468. The van der Waals surface area contributed by atoms with E-state index in [1.165, 1.54) is 74.9 Å². The van der Waals surface area contributed by atoms with Gasteiger partial charge in [0.25, 0.3) is 0 Å². The molecule has 0 aromatic heterocycles. The maximum Gasteiger partial charge on any atom is 0.417 e. The first-order valence-corrected chi connectivity index (χ1v) is 31.8. The minimum atomic E-state index is -4.75. The van der Waals surface area contributed by atoms with Gasteiger partial charge in [-0.25, -0.2) is 0 Å². The first-order chi connectivity index (χ1) is 41.5. The van der Waals surface area contributed by atoms with E-state index in [1.807, 2.05) is 20.8 Å². The van der Waals surface area contributed by atoms with Crippen LogP contribution in [0, 0.1) is 23.7 Å². The summed E-state index contributed by atoms with van der Waals surface area (Å²) < 4.78 is 41.2. The van der Waals surface area contributed by atoms with Crippen molar-refractivity contribution in [3.05, 3.63) is 34.3 Å². The Hall–Kier alpha value is -6.53. The monoisotopic (exact) mass is 1280 g/mol. The largest absolute Gasteiger partial charge is 0.417 e. The molecule has 0 bridgehead atoms. The van der Waals surface area contributed by atoms with E-state index in [4.69, 9.17) is 11.6 Å². The zero-order chi connectivity index (χ0) is 67.2. The number of amides is 11. The van der Waals surface area contributed by atoms with Gasteiger partial charge in [0.1, 0.15) is 41.8 Å². The lowest BCUT2D eigenvalue weighted by molar-refractivity contribution is -0.149. The molecule has 1 unspecified atom stereocenters. The average molecular weight is 1280 g/mol. The Labute approximate surface area is 528 Å². The number of hydrogen-bond donors (Lipinski definition) is 4. The molecule has 1 aromatic rings. The predicted octanol–water partition coefficient (Wildman–Crippen LogP) is 5.02. The second-order valence-electron chi connectivity index (χ2n) is 26.0. The number of likely N-dealkylation sites (N-methyl/N-ethyl adjacent to an activating group) is 6. The molecule has 2 heterocycles. The highest BCUT2D eigenvalue weighted by Crippen LogP contribution is 2.36. The van der Waals surface area contributed by atoms with Gasteiger partial charge in [-0.15, -0.1) is 0 Å². The molecule has 0 spiro atoms. The van der Waals surface area contributed by atoms with Crippen molar-refractivity contribution in [2.45, 2.75) is 206 Å². The third-order valence-corrected chi connectivity index (χ3v) is 18.3. The molecule has 11 amide bonds. The van der Waals surface area contributed by atoms with Crippen LogP contribution in [0.4, 0.5) is 13.2 Å². The third kappa shape index (κ3) is 20.2. The van der Waals surface area contributed by atoms with Crippen LogP contribution in [0.2, 0.25) is 5.02 Å². The Morgan fingerprint density at radius 1 is 0.674 bits per heavy atom. The highest BCUT2D eigenvalue weighted by atomic mass is 35.5. The van der Waals surface area contributed by atoms with Crippen LogP contribution >= 0.6 is 11.6 Å². The predicted molar refractivity (Wildman–Crippen MR) is 330 cm³/mol. The van der Waals surface area contributed by atoms with E-state index in [9.17, 15) is 65.9 Å². The maximum absolute atomic E-state index is 14.9. The van der Waals surface area contributed by atoms with Crippen molar-refractivity contribution < 1.29 is 65.9 Å². The molecule has 500 valence electrons. The van der Waals surface area contributed by atoms with Gasteiger partial charge in [0.2, 0.25) is 65.0 Å². The van der Waals surface area contributed by atoms with Gasteiger partial charge in [-0.2, -0.15) is 13.2 Å². The fraction of sp³-hybridized carbons (Fsp3) is 0.730. The van der Waals surface area contributed by atoms with Gasteiger partial charge in [0, 0.05) is 61.3 Å². The second kappa shape index (κ2) is 33.0. The molecular weight excluding hydrogens is 1180 g/mol. The Morgan fingerprint density at radius 3 is 1.85 bits per heavy atom. The van der Waals surface area contributed by atoms with Gasteiger partial charge in [0.15, 0.2) is 0 Å². The van der Waals surface area contributed by atoms with Crippen LogP contribution in [0.1, 0.15) is 157 Å². The summed E-state index contributed by atoms with van der Waals surface area (Å²) in [6.45, 7) is 14.0. The molecule has 4 N–H and O–H groups in total. The van der Waals surface area contributed by atoms with E-state index in [-0.39, 0.29) is 63.3 Å². The highest BCUT2D eigenvalue weighted by molar-refractivity contribution is 6.31.